The van der Waals surface area contributed by atoms with Gasteiger partial charge in [-0.15, -0.1) is 11.3 Å². The van der Waals surface area contributed by atoms with E-state index in [9.17, 15) is 0 Å². The third-order valence-corrected chi connectivity index (χ3v) is 4.98. The quantitative estimate of drug-likeness (QED) is 0.943. The van der Waals surface area contributed by atoms with Crippen LogP contribution in [0, 0.1) is 13.8 Å². The van der Waals surface area contributed by atoms with Crippen molar-refractivity contribution in [1.82, 2.24) is 15.1 Å². The Hall–Kier alpha value is -0.650. The van der Waals surface area contributed by atoms with E-state index in [0.717, 1.165) is 10.2 Å². The fourth-order valence-corrected chi connectivity index (χ4v) is 3.85. The number of hydrogen-bond donors (Lipinski definition) is 1. The molecule has 3 nitrogen and oxygen atoms in total. The van der Waals surface area contributed by atoms with Crippen molar-refractivity contribution < 1.29 is 0 Å². The maximum Gasteiger partial charge on any atom is 0.0716 e. The van der Waals surface area contributed by atoms with Crippen LogP contribution in [0.1, 0.15) is 27.9 Å². The highest BCUT2D eigenvalue weighted by Crippen LogP contribution is 2.35. The molecule has 0 aliphatic heterocycles. The van der Waals surface area contributed by atoms with Crippen LogP contribution in [-0.4, -0.2) is 16.8 Å². The zero-order chi connectivity index (χ0) is 12.6. The van der Waals surface area contributed by atoms with E-state index in [4.69, 9.17) is 0 Å². The second-order valence-electron chi connectivity index (χ2n) is 4.06. The Bertz CT molecular complexity index is 530. The molecule has 1 N–H and O–H groups in total. The molecule has 0 spiro atoms. The summed E-state index contributed by atoms with van der Waals surface area (Å²) in [5.74, 6) is 0. The molecule has 0 radical (unpaired) electrons. The fourth-order valence-electron chi connectivity index (χ4n) is 2.13. The second-order valence-corrected chi connectivity index (χ2v) is 5.86. The lowest BCUT2D eigenvalue weighted by Gasteiger charge is -2.16. The van der Waals surface area contributed by atoms with E-state index < -0.39 is 0 Å². The summed E-state index contributed by atoms with van der Waals surface area (Å²) in [4.78, 5) is 1.30. The molecule has 0 aliphatic carbocycles. The normalized spacial score (nSPS) is 13.0. The average molecular weight is 314 g/mol. The molecule has 1 atom stereocenters. The zero-order valence-corrected chi connectivity index (χ0v) is 12.8. The Kier molecular flexibility index (Phi) is 3.70. The summed E-state index contributed by atoms with van der Waals surface area (Å²) >= 11 is 5.36. The first-order valence-electron chi connectivity index (χ1n) is 5.46. The monoisotopic (exact) mass is 313 g/mol. The summed E-state index contributed by atoms with van der Waals surface area (Å²) in [7, 11) is 3.98. The predicted molar refractivity (Wildman–Crippen MR) is 75.6 cm³/mol. The molecule has 2 aromatic heterocycles. The van der Waals surface area contributed by atoms with Crippen LogP contribution in [0.2, 0.25) is 0 Å². The minimum absolute atomic E-state index is 0.207. The van der Waals surface area contributed by atoms with Gasteiger partial charge in [-0.05, 0) is 48.3 Å². The van der Waals surface area contributed by atoms with E-state index in [-0.39, 0.29) is 6.04 Å². The van der Waals surface area contributed by atoms with E-state index in [1.54, 1.807) is 11.3 Å². The topological polar surface area (TPSA) is 29.9 Å². The van der Waals surface area contributed by atoms with E-state index in [0.29, 0.717) is 0 Å². The molecule has 0 amide bonds. The number of halogens is 1. The standard InChI is InChI=1S/C12H16BrN3S/c1-7-10(8(2)16(4)15-7)11(14-3)12-9(13)5-6-17-12/h5-6,11,14H,1-4H3. The number of thiophene rings is 1. The number of rotatable bonds is 3. The molecule has 2 aromatic rings. The minimum atomic E-state index is 0.207. The van der Waals surface area contributed by atoms with E-state index in [1.165, 1.54) is 16.1 Å². The van der Waals surface area contributed by atoms with Crippen molar-refractivity contribution >= 4 is 27.3 Å². The molecule has 0 bridgehead atoms. The molecular formula is C12H16BrN3S. The van der Waals surface area contributed by atoms with Gasteiger partial charge in [-0.2, -0.15) is 5.10 Å². The summed E-state index contributed by atoms with van der Waals surface area (Å²) in [5, 5.41) is 9.97. The molecule has 2 rings (SSSR count). The molecule has 0 aromatic carbocycles. The molecule has 1 unspecified atom stereocenters. The van der Waals surface area contributed by atoms with Crippen molar-refractivity contribution in [2.75, 3.05) is 7.05 Å². The predicted octanol–water partition coefficient (Wildman–Crippen LogP) is 3.17. The van der Waals surface area contributed by atoms with Gasteiger partial charge in [0, 0.05) is 27.7 Å². The highest BCUT2D eigenvalue weighted by atomic mass is 79.9. The van der Waals surface area contributed by atoms with Crippen LogP contribution in [0.3, 0.4) is 0 Å². The molecule has 2 heterocycles. The summed E-state index contributed by atoms with van der Waals surface area (Å²) in [5.41, 5.74) is 3.57. The molecule has 0 saturated heterocycles. The van der Waals surface area contributed by atoms with Gasteiger partial charge in [0.2, 0.25) is 0 Å². The summed E-state index contributed by atoms with van der Waals surface area (Å²) in [6.07, 6.45) is 0. The molecule has 0 aliphatic rings. The van der Waals surface area contributed by atoms with E-state index in [1.807, 2.05) is 18.8 Å². The second kappa shape index (κ2) is 4.92. The first-order valence-corrected chi connectivity index (χ1v) is 7.13. The molecule has 17 heavy (non-hydrogen) atoms. The molecular weight excluding hydrogens is 298 g/mol. The molecule has 0 saturated carbocycles. The van der Waals surface area contributed by atoms with Crippen molar-refractivity contribution in [3.8, 4) is 0 Å². The van der Waals surface area contributed by atoms with Crippen LogP contribution in [0.4, 0.5) is 0 Å². The lowest BCUT2D eigenvalue weighted by Crippen LogP contribution is -2.18. The van der Waals surface area contributed by atoms with Gasteiger partial charge in [-0.3, -0.25) is 4.68 Å². The van der Waals surface area contributed by atoms with Crippen molar-refractivity contribution in [2.24, 2.45) is 7.05 Å². The van der Waals surface area contributed by atoms with E-state index in [2.05, 4.69) is 51.6 Å². The SMILES string of the molecule is CNC(c1sccc1Br)c1c(C)nn(C)c1C. The Morgan fingerprint density at radius 2 is 2.18 bits per heavy atom. The maximum atomic E-state index is 4.48. The Morgan fingerprint density at radius 3 is 2.59 bits per heavy atom. The number of hydrogen-bond acceptors (Lipinski definition) is 3. The van der Waals surface area contributed by atoms with Gasteiger partial charge in [-0.25, -0.2) is 0 Å². The van der Waals surface area contributed by atoms with Gasteiger partial charge < -0.3 is 5.32 Å². The number of aromatic nitrogens is 2. The average Bonchev–Trinajstić information content (AvgIpc) is 2.79. The fraction of sp³-hybridized carbons (Fsp3) is 0.417. The van der Waals surface area contributed by atoms with Crippen LogP contribution in [0.15, 0.2) is 15.9 Å². The van der Waals surface area contributed by atoms with Gasteiger partial charge >= 0.3 is 0 Å². The lowest BCUT2D eigenvalue weighted by molar-refractivity contribution is 0.686. The van der Waals surface area contributed by atoms with Crippen molar-refractivity contribution in [3.05, 3.63) is 37.7 Å². The summed E-state index contributed by atoms with van der Waals surface area (Å²) in [6.45, 7) is 4.18. The van der Waals surface area contributed by atoms with Gasteiger partial charge in [0.1, 0.15) is 0 Å². The van der Waals surface area contributed by atoms with Crippen LogP contribution in [0.5, 0.6) is 0 Å². The largest absolute Gasteiger partial charge is 0.309 e. The summed E-state index contributed by atoms with van der Waals surface area (Å²) in [6, 6.07) is 2.30. The molecule has 5 heteroatoms. The Balaban J connectivity index is 2.53. The summed E-state index contributed by atoms with van der Waals surface area (Å²) < 4.78 is 3.10. The number of nitrogens with one attached hydrogen (secondary N) is 1. The molecule has 92 valence electrons. The van der Waals surface area contributed by atoms with E-state index >= 15 is 0 Å². The minimum Gasteiger partial charge on any atom is -0.309 e. The number of aryl methyl sites for hydroxylation is 2. The van der Waals surface area contributed by atoms with Crippen LogP contribution in [0.25, 0.3) is 0 Å². The highest BCUT2D eigenvalue weighted by Gasteiger charge is 2.23. The van der Waals surface area contributed by atoms with Crippen molar-refractivity contribution in [1.29, 1.82) is 0 Å². The molecule has 0 fully saturated rings. The first-order chi connectivity index (χ1) is 8.06. The van der Waals surface area contributed by atoms with Crippen molar-refractivity contribution in [2.45, 2.75) is 19.9 Å². The van der Waals surface area contributed by atoms with Crippen LogP contribution >= 0.6 is 27.3 Å². The van der Waals surface area contributed by atoms with Gasteiger partial charge in [-0.1, -0.05) is 0 Å². The highest BCUT2D eigenvalue weighted by molar-refractivity contribution is 9.10. The Labute approximate surface area is 114 Å². The smallest absolute Gasteiger partial charge is 0.0716 e. The third kappa shape index (κ3) is 2.19. The van der Waals surface area contributed by atoms with Crippen LogP contribution in [-0.2, 0) is 7.05 Å². The first kappa shape index (κ1) is 12.8. The zero-order valence-electron chi connectivity index (χ0n) is 10.4. The Morgan fingerprint density at radius 1 is 1.47 bits per heavy atom. The lowest BCUT2D eigenvalue weighted by atomic mass is 10.0. The van der Waals surface area contributed by atoms with Crippen LogP contribution < -0.4 is 5.32 Å². The van der Waals surface area contributed by atoms with Gasteiger partial charge in [0.05, 0.1) is 11.7 Å². The maximum absolute atomic E-state index is 4.48. The van der Waals surface area contributed by atoms with Crippen molar-refractivity contribution in [3.63, 3.8) is 0 Å². The van der Waals surface area contributed by atoms with Gasteiger partial charge in [0.25, 0.3) is 0 Å². The number of nitrogens with zero attached hydrogens (tertiary/aromatic N) is 2. The third-order valence-electron chi connectivity index (χ3n) is 3.05. The van der Waals surface area contributed by atoms with Gasteiger partial charge in [0.15, 0.2) is 0 Å².